The number of aromatic nitrogens is 2. The highest BCUT2D eigenvalue weighted by Gasteiger charge is 2.41. The number of amides is 1. The van der Waals surface area contributed by atoms with Crippen molar-refractivity contribution in [2.24, 2.45) is 0 Å². The summed E-state index contributed by atoms with van der Waals surface area (Å²) in [7, 11) is 0. The van der Waals surface area contributed by atoms with Crippen LogP contribution in [0.1, 0.15) is 6.92 Å². The molecule has 0 aromatic carbocycles. The van der Waals surface area contributed by atoms with Crippen molar-refractivity contribution < 1.29 is 19.6 Å². The number of fused-ring (bicyclic) bond motifs is 1. The maximum atomic E-state index is 10.9. The maximum absolute atomic E-state index is 10.9. The number of ether oxygens (including phenoxy) is 1. The minimum absolute atomic E-state index is 0.216. The summed E-state index contributed by atoms with van der Waals surface area (Å²) in [5, 5.41) is 19.6. The fourth-order valence-corrected chi connectivity index (χ4v) is 2.93. The van der Waals surface area contributed by atoms with Gasteiger partial charge in [0.1, 0.15) is 11.8 Å². The summed E-state index contributed by atoms with van der Waals surface area (Å²) in [4.78, 5) is 28.4. The van der Waals surface area contributed by atoms with Crippen molar-refractivity contribution in [1.29, 1.82) is 0 Å². The average molecular weight is 311 g/mol. The number of nitro groups is 1. The lowest BCUT2D eigenvalue weighted by molar-refractivity contribution is -0.389. The van der Waals surface area contributed by atoms with Gasteiger partial charge in [-0.25, -0.2) is 4.79 Å². The first-order valence-corrected chi connectivity index (χ1v) is 6.97. The monoisotopic (exact) mass is 311 g/mol. The smallest absolute Gasteiger partial charge is 0.415 e. The molecule has 2 aliphatic rings. The molecule has 1 aromatic heterocycles. The molecule has 1 N–H and O–H groups in total. The Labute approximate surface area is 126 Å². The second-order valence-corrected chi connectivity index (χ2v) is 5.86. The number of carboxylic acid groups (broad SMARTS) is 1. The molecule has 0 aliphatic carbocycles. The van der Waals surface area contributed by atoms with Gasteiger partial charge in [-0.1, -0.05) is 0 Å². The fourth-order valence-electron chi connectivity index (χ4n) is 2.93. The van der Waals surface area contributed by atoms with Gasteiger partial charge in [-0.05, 0) is 11.8 Å². The fraction of sp³-hybridized carbons (Fsp3) is 0.667. The van der Waals surface area contributed by atoms with Gasteiger partial charge in [0.2, 0.25) is 0 Å². The van der Waals surface area contributed by atoms with Crippen LogP contribution in [0.15, 0.2) is 6.20 Å². The third-order valence-corrected chi connectivity index (χ3v) is 3.96. The molecule has 3 heterocycles. The van der Waals surface area contributed by atoms with Crippen molar-refractivity contribution in [3.63, 3.8) is 0 Å². The van der Waals surface area contributed by atoms with Crippen molar-refractivity contribution in [1.82, 2.24) is 19.4 Å². The van der Waals surface area contributed by atoms with E-state index < -0.39 is 16.6 Å². The Morgan fingerprint density at radius 3 is 2.73 bits per heavy atom. The Balaban J connectivity index is 1.59. The molecular weight excluding hydrogens is 294 g/mol. The summed E-state index contributed by atoms with van der Waals surface area (Å²) in [6, 6.07) is 0.262. The van der Waals surface area contributed by atoms with E-state index in [2.05, 4.69) is 9.88 Å². The number of hydrogen-bond acceptors (Lipinski definition) is 6. The normalized spacial score (nSPS) is 24.9. The Bertz CT molecular complexity index is 584. The van der Waals surface area contributed by atoms with E-state index >= 15 is 0 Å². The number of rotatable bonds is 3. The first-order chi connectivity index (χ1) is 10.4. The predicted molar refractivity (Wildman–Crippen MR) is 74.0 cm³/mol. The zero-order chi connectivity index (χ0) is 15.9. The third kappa shape index (κ3) is 2.69. The summed E-state index contributed by atoms with van der Waals surface area (Å²) in [6.45, 7) is 5.28. The first-order valence-electron chi connectivity index (χ1n) is 6.97. The van der Waals surface area contributed by atoms with Crippen molar-refractivity contribution >= 4 is 11.9 Å². The quantitative estimate of drug-likeness (QED) is 0.628. The number of nitrogens with zero attached hydrogens (tertiary/aromatic N) is 5. The van der Waals surface area contributed by atoms with E-state index in [-0.39, 0.29) is 11.8 Å². The zero-order valence-corrected chi connectivity index (χ0v) is 12.1. The van der Waals surface area contributed by atoms with Crippen LogP contribution >= 0.6 is 0 Å². The molecule has 0 spiro atoms. The Morgan fingerprint density at radius 1 is 1.50 bits per heavy atom. The largest absolute Gasteiger partial charge is 0.465 e. The second-order valence-electron chi connectivity index (χ2n) is 5.86. The van der Waals surface area contributed by atoms with Crippen LogP contribution in [0.25, 0.3) is 0 Å². The van der Waals surface area contributed by atoms with E-state index in [1.54, 1.807) is 4.57 Å². The molecule has 120 valence electrons. The molecule has 0 bridgehead atoms. The third-order valence-electron chi connectivity index (χ3n) is 3.96. The molecule has 1 aromatic rings. The van der Waals surface area contributed by atoms with Crippen molar-refractivity contribution in [2.45, 2.75) is 19.1 Å². The minimum Gasteiger partial charge on any atom is -0.465 e. The van der Waals surface area contributed by atoms with Gasteiger partial charge in [-0.2, -0.15) is 0 Å². The molecule has 0 saturated carbocycles. The molecule has 0 radical (unpaired) electrons. The average Bonchev–Trinajstić information content (AvgIpc) is 2.94. The van der Waals surface area contributed by atoms with Crippen LogP contribution in [0.5, 0.6) is 6.01 Å². The Hall–Kier alpha value is -2.36. The number of hydrogen-bond donors (Lipinski definition) is 1. The number of imidazole rings is 1. The van der Waals surface area contributed by atoms with Gasteiger partial charge in [-0.3, -0.25) is 9.47 Å². The molecule has 1 amide bonds. The Morgan fingerprint density at radius 2 is 2.18 bits per heavy atom. The van der Waals surface area contributed by atoms with Gasteiger partial charge in [0, 0.05) is 37.7 Å². The molecule has 3 rings (SSSR count). The molecule has 2 aliphatic heterocycles. The van der Waals surface area contributed by atoms with E-state index in [0.717, 1.165) is 0 Å². The summed E-state index contributed by atoms with van der Waals surface area (Å²) in [5.74, 6) is -0.216. The summed E-state index contributed by atoms with van der Waals surface area (Å²) < 4.78 is 7.42. The van der Waals surface area contributed by atoms with Gasteiger partial charge in [-0.15, -0.1) is 0 Å². The SMILES string of the molecule is CC1(CN2CCN(C(=O)O)CC2)Cn2cc([N+](=O)[O-])nc2O1. The van der Waals surface area contributed by atoms with E-state index in [9.17, 15) is 14.9 Å². The Kier molecular flexibility index (Phi) is 3.39. The lowest BCUT2D eigenvalue weighted by atomic mass is 10.1. The summed E-state index contributed by atoms with van der Waals surface area (Å²) in [5.41, 5.74) is -0.511. The molecular formula is C12H17N5O5. The molecule has 1 saturated heterocycles. The molecule has 1 atom stereocenters. The molecule has 1 unspecified atom stereocenters. The van der Waals surface area contributed by atoms with E-state index in [0.29, 0.717) is 39.3 Å². The molecule has 22 heavy (non-hydrogen) atoms. The first kappa shape index (κ1) is 14.6. The number of carbonyl (C=O) groups is 1. The molecule has 10 nitrogen and oxygen atoms in total. The lowest BCUT2D eigenvalue weighted by Crippen LogP contribution is -2.53. The minimum atomic E-state index is -0.893. The summed E-state index contributed by atoms with van der Waals surface area (Å²) in [6.07, 6.45) is 0.485. The van der Waals surface area contributed by atoms with E-state index in [1.165, 1.54) is 11.1 Å². The van der Waals surface area contributed by atoms with Crippen LogP contribution in [0.4, 0.5) is 10.6 Å². The van der Waals surface area contributed by atoms with Crippen LogP contribution in [0, 0.1) is 10.1 Å². The lowest BCUT2D eigenvalue weighted by Gasteiger charge is -2.36. The highest BCUT2D eigenvalue weighted by molar-refractivity contribution is 5.65. The van der Waals surface area contributed by atoms with Gasteiger partial charge >= 0.3 is 17.9 Å². The molecule has 10 heteroatoms. The van der Waals surface area contributed by atoms with Crippen LogP contribution in [0.2, 0.25) is 0 Å². The topological polar surface area (TPSA) is 114 Å². The highest BCUT2D eigenvalue weighted by atomic mass is 16.6. The predicted octanol–water partition coefficient (Wildman–Crippen LogP) is 0.238. The van der Waals surface area contributed by atoms with Crippen molar-refractivity contribution in [3.8, 4) is 6.01 Å². The maximum Gasteiger partial charge on any atom is 0.415 e. The van der Waals surface area contributed by atoms with Crippen LogP contribution in [-0.4, -0.2) is 73.8 Å². The summed E-state index contributed by atoms with van der Waals surface area (Å²) >= 11 is 0. The van der Waals surface area contributed by atoms with Crippen molar-refractivity contribution in [2.75, 3.05) is 32.7 Å². The standard InChI is InChI=1S/C12H17N5O5/c1-12(7-14-2-4-15(5-3-14)11(18)19)8-16-6-9(17(20)21)13-10(16)22-12/h6H,2-5,7-8H2,1H3,(H,18,19). The van der Waals surface area contributed by atoms with Gasteiger partial charge in [0.05, 0.1) is 6.54 Å². The van der Waals surface area contributed by atoms with Crippen molar-refractivity contribution in [3.05, 3.63) is 16.3 Å². The van der Waals surface area contributed by atoms with Gasteiger partial charge in [0.15, 0.2) is 0 Å². The van der Waals surface area contributed by atoms with Crippen LogP contribution in [-0.2, 0) is 6.54 Å². The van der Waals surface area contributed by atoms with E-state index in [4.69, 9.17) is 9.84 Å². The number of piperazine rings is 1. The van der Waals surface area contributed by atoms with E-state index in [1.807, 2.05) is 6.92 Å². The van der Waals surface area contributed by atoms with Crippen LogP contribution < -0.4 is 4.74 Å². The highest BCUT2D eigenvalue weighted by Crippen LogP contribution is 2.31. The molecule has 1 fully saturated rings. The van der Waals surface area contributed by atoms with Gasteiger partial charge in [0.25, 0.3) is 0 Å². The second kappa shape index (κ2) is 5.13. The van der Waals surface area contributed by atoms with Crippen LogP contribution in [0.3, 0.4) is 0 Å². The zero-order valence-electron chi connectivity index (χ0n) is 12.1. The van der Waals surface area contributed by atoms with Gasteiger partial charge < -0.3 is 24.9 Å².